The number of hydrogen-bond donors (Lipinski definition) is 2. The molecule has 0 aliphatic rings. The molecule has 0 atom stereocenters. The minimum absolute atomic E-state index is 0.00910. The number of aryl methyl sites for hydroxylation is 1. The zero-order valence-corrected chi connectivity index (χ0v) is 15.4. The highest BCUT2D eigenvalue weighted by Crippen LogP contribution is 2.30. The molecule has 4 aromatic rings. The molecule has 6 nitrogen and oxygen atoms in total. The van der Waals surface area contributed by atoms with Gasteiger partial charge in [0.2, 0.25) is 0 Å². The Morgan fingerprint density at radius 2 is 1.96 bits per heavy atom. The second-order valence-corrected chi connectivity index (χ2v) is 6.15. The first-order chi connectivity index (χ1) is 14.9. The Morgan fingerprint density at radius 1 is 1.14 bits per heavy atom. The summed E-state index contributed by atoms with van der Waals surface area (Å²) < 4.78 is 31.8. The Morgan fingerprint density at radius 3 is 2.75 bits per heavy atom. The molecule has 2 heterocycles. The minimum Gasteiger partial charge on any atom is -0.495 e. The maximum Gasteiger partial charge on any atom is 0.323 e. The molecule has 28 heavy (non-hydrogen) atoms. The van der Waals surface area contributed by atoms with Gasteiger partial charge >= 0.3 is 6.03 Å². The standard InChI is InChI=1S/C22H20N4O2/c1-26-14-18(17-11-12-23-13-20(17)26)15-7-9-16(10-8-15)24-22(27)25-19-5-3-4-6-21(19)28-2/h3-14H,1-2H3,(H2,24,25,27)/i5T,9T,10T. The van der Waals surface area contributed by atoms with Crippen LogP contribution in [0.25, 0.3) is 22.0 Å². The van der Waals surface area contributed by atoms with Gasteiger partial charge in [-0.3, -0.25) is 4.98 Å². The number of ether oxygens (including phenoxy) is 1. The number of hydrogen-bond acceptors (Lipinski definition) is 3. The van der Waals surface area contributed by atoms with Gasteiger partial charge in [0.25, 0.3) is 0 Å². The number of amides is 2. The number of aromatic nitrogens is 2. The maximum atomic E-state index is 12.5. The third-order valence-electron chi connectivity index (χ3n) is 4.36. The number of methoxy groups -OCH3 is 1. The monoisotopic (exact) mass is 378 g/mol. The van der Waals surface area contributed by atoms with Gasteiger partial charge in [-0.2, -0.15) is 0 Å². The van der Waals surface area contributed by atoms with Crippen molar-refractivity contribution < 1.29 is 13.6 Å². The molecule has 6 heteroatoms. The van der Waals surface area contributed by atoms with Crippen LogP contribution in [0.1, 0.15) is 4.11 Å². The largest absolute Gasteiger partial charge is 0.495 e. The number of anilines is 2. The number of nitrogens with zero attached hydrogens (tertiary/aromatic N) is 2. The van der Waals surface area contributed by atoms with E-state index >= 15 is 0 Å². The van der Waals surface area contributed by atoms with E-state index in [-0.39, 0.29) is 29.5 Å². The normalized spacial score (nSPS) is 12.1. The minimum atomic E-state index is -0.663. The highest BCUT2D eigenvalue weighted by atomic mass is 16.5. The number of fused-ring (bicyclic) bond motifs is 1. The number of pyridine rings is 1. The van der Waals surface area contributed by atoms with E-state index in [2.05, 4.69) is 15.6 Å². The third kappa shape index (κ3) is 3.40. The van der Waals surface area contributed by atoms with Gasteiger partial charge in [-0.05, 0) is 35.8 Å². The topological polar surface area (TPSA) is 68.2 Å². The van der Waals surface area contributed by atoms with Crippen LogP contribution in [-0.4, -0.2) is 22.7 Å². The van der Waals surface area contributed by atoms with Crippen LogP contribution >= 0.6 is 0 Å². The van der Waals surface area contributed by atoms with Gasteiger partial charge in [0.15, 0.2) is 0 Å². The fourth-order valence-electron chi connectivity index (χ4n) is 3.02. The first kappa shape index (κ1) is 14.3. The van der Waals surface area contributed by atoms with Gasteiger partial charge in [-0.25, -0.2) is 4.79 Å². The fraction of sp³-hybridized carbons (Fsp3) is 0.0909. The van der Waals surface area contributed by atoms with Gasteiger partial charge in [0.1, 0.15) is 5.75 Å². The summed E-state index contributed by atoms with van der Waals surface area (Å²) in [4.78, 5) is 16.6. The highest BCUT2D eigenvalue weighted by molar-refractivity contribution is 6.01. The quantitative estimate of drug-likeness (QED) is 0.531. The number of nitrogens with one attached hydrogen (secondary N) is 2. The van der Waals surface area contributed by atoms with Gasteiger partial charge in [-0.15, -0.1) is 0 Å². The fourth-order valence-corrected chi connectivity index (χ4v) is 3.02. The molecule has 0 saturated heterocycles. The molecule has 0 unspecified atom stereocenters. The van der Waals surface area contributed by atoms with Crippen molar-refractivity contribution in [3.63, 3.8) is 0 Å². The molecule has 0 aliphatic carbocycles. The predicted molar refractivity (Wildman–Crippen MR) is 112 cm³/mol. The Labute approximate surface area is 167 Å². The average molecular weight is 378 g/mol. The molecule has 4 rings (SSSR count). The number of rotatable bonds is 4. The van der Waals surface area contributed by atoms with Crippen molar-refractivity contribution in [3.8, 4) is 16.9 Å². The van der Waals surface area contributed by atoms with E-state index in [0.717, 1.165) is 16.5 Å². The van der Waals surface area contributed by atoms with E-state index in [4.69, 9.17) is 8.85 Å². The van der Waals surface area contributed by atoms with Gasteiger partial charge in [0.05, 0.1) is 28.6 Å². The lowest BCUT2D eigenvalue weighted by Gasteiger charge is -2.11. The lowest BCUT2D eigenvalue weighted by atomic mass is 10.1. The Kier molecular flexibility index (Phi) is 3.80. The maximum absolute atomic E-state index is 12.5. The lowest BCUT2D eigenvalue weighted by molar-refractivity contribution is 0.262. The lowest BCUT2D eigenvalue weighted by Crippen LogP contribution is -2.19. The van der Waals surface area contributed by atoms with Crippen molar-refractivity contribution in [2.24, 2.45) is 7.05 Å². The molecule has 140 valence electrons. The summed E-state index contributed by atoms with van der Waals surface area (Å²) in [5, 5.41) is 6.08. The summed E-state index contributed by atoms with van der Waals surface area (Å²) in [6.45, 7) is 0. The summed E-state index contributed by atoms with van der Waals surface area (Å²) in [6.07, 6.45) is 5.40. The molecule has 0 saturated carbocycles. The average Bonchev–Trinajstić information content (AvgIpc) is 3.09. The van der Waals surface area contributed by atoms with Crippen LogP contribution in [-0.2, 0) is 7.05 Å². The number of benzene rings is 2. The molecule has 2 N–H and O–H groups in total. The van der Waals surface area contributed by atoms with E-state index < -0.39 is 6.03 Å². The molecule has 2 aromatic heterocycles. The Hall–Kier alpha value is -3.80. The molecule has 0 aliphatic heterocycles. The second kappa shape index (κ2) is 7.44. The number of para-hydroxylation sites is 2. The third-order valence-corrected chi connectivity index (χ3v) is 4.36. The summed E-state index contributed by atoms with van der Waals surface area (Å²) in [5.41, 5.74) is 2.81. The molecule has 2 amide bonds. The molecule has 0 radical (unpaired) electrons. The molecular weight excluding hydrogens is 352 g/mol. The van der Waals surface area contributed by atoms with Crippen molar-refractivity contribution >= 4 is 28.3 Å². The van der Waals surface area contributed by atoms with Crippen LogP contribution in [0, 0.1) is 0 Å². The van der Waals surface area contributed by atoms with Crippen molar-refractivity contribution in [2.45, 2.75) is 0 Å². The molecule has 2 aromatic carbocycles. The van der Waals surface area contributed by atoms with Crippen LogP contribution in [0.3, 0.4) is 0 Å². The summed E-state index contributed by atoms with van der Waals surface area (Å²) in [5.74, 6) is 0.348. The summed E-state index contributed by atoms with van der Waals surface area (Å²) in [6, 6.07) is 9.37. The van der Waals surface area contributed by atoms with Crippen LogP contribution in [0.4, 0.5) is 16.2 Å². The van der Waals surface area contributed by atoms with Gasteiger partial charge in [0, 0.05) is 36.1 Å². The number of urea groups is 1. The summed E-state index contributed by atoms with van der Waals surface area (Å²) >= 11 is 0. The van der Waals surface area contributed by atoms with E-state index in [1.54, 1.807) is 36.7 Å². The molecule has 0 bridgehead atoms. The van der Waals surface area contributed by atoms with Crippen LogP contribution in [0.5, 0.6) is 5.75 Å². The Bertz CT molecular complexity index is 1280. The first-order valence-electron chi connectivity index (χ1n) is 10.1. The predicted octanol–water partition coefficient (Wildman–Crippen LogP) is 4.89. The molecule has 0 spiro atoms. The van der Waals surface area contributed by atoms with Crippen molar-refractivity contribution in [1.82, 2.24) is 9.55 Å². The molecular formula is C22H20N4O2. The highest BCUT2D eigenvalue weighted by Gasteiger charge is 2.10. The van der Waals surface area contributed by atoms with E-state index in [1.807, 2.05) is 23.9 Å². The number of carbonyl (C=O) groups is 1. The zero-order valence-electron chi connectivity index (χ0n) is 18.4. The van der Waals surface area contributed by atoms with Crippen LogP contribution in [0.15, 0.2) is 73.1 Å². The SMILES string of the molecule is [3H]c1cc(-c2cn(C)c3cnccc23)cc([3H])c1NC(=O)Nc1c([3H])cccc1OC. The second-order valence-electron chi connectivity index (χ2n) is 6.15. The van der Waals surface area contributed by atoms with Crippen molar-refractivity contribution in [2.75, 3.05) is 17.7 Å². The Balaban J connectivity index is 1.63. The first-order valence-corrected chi connectivity index (χ1v) is 8.61. The smallest absolute Gasteiger partial charge is 0.323 e. The van der Waals surface area contributed by atoms with Crippen molar-refractivity contribution in [3.05, 3.63) is 73.1 Å². The molecule has 0 fully saturated rings. The van der Waals surface area contributed by atoms with Gasteiger partial charge in [-0.1, -0.05) is 24.3 Å². The van der Waals surface area contributed by atoms with Gasteiger partial charge < -0.3 is 19.9 Å². The summed E-state index contributed by atoms with van der Waals surface area (Å²) in [7, 11) is 3.36. The number of carbonyl (C=O) groups excluding carboxylic acids is 1. The van der Waals surface area contributed by atoms with Crippen molar-refractivity contribution in [1.29, 1.82) is 0 Å². The zero-order chi connectivity index (χ0) is 22.1. The van der Waals surface area contributed by atoms with Crippen LogP contribution < -0.4 is 15.4 Å². The van der Waals surface area contributed by atoms with E-state index in [1.165, 1.54) is 13.2 Å². The van der Waals surface area contributed by atoms with Crippen LogP contribution in [0.2, 0.25) is 0 Å². The van der Waals surface area contributed by atoms with E-state index in [9.17, 15) is 4.79 Å². The van der Waals surface area contributed by atoms with E-state index in [0.29, 0.717) is 11.3 Å².